The fraction of sp³-hybridized carbons (Fsp3) is 0.625. The largest absolute Gasteiger partial charge is 0.544 e. The van der Waals surface area contributed by atoms with E-state index in [1.165, 1.54) is 19.3 Å². The molecule has 0 bridgehead atoms. The van der Waals surface area contributed by atoms with E-state index in [-0.39, 0.29) is 49.5 Å². The Morgan fingerprint density at radius 3 is 1.88 bits per heavy atom. The van der Waals surface area contributed by atoms with Crippen LogP contribution in [0.2, 0.25) is 0 Å². The molecule has 0 aromatic carbocycles. The lowest BCUT2D eigenvalue weighted by Gasteiger charge is -2.34. The zero-order chi connectivity index (χ0) is 35.7. The van der Waals surface area contributed by atoms with Crippen LogP contribution >= 0.6 is 0 Å². The van der Waals surface area contributed by atoms with E-state index in [0.717, 1.165) is 57.8 Å². The summed E-state index contributed by atoms with van der Waals surface area (Å²) in [5.41, 5.74) is 0. The van der Waals surface area contributed by atoms with Crippen LogP contribution in [0.5, 0.6) is 0 Å². The maximum Gasteiger partial charge on any atom is 0.309 e. The molecule has 0 saturated carbocycles. The second kappa shape index (κ2) is 31.1. The van der Waals surface area contributed by atoms with Gasteiger partial charge in [-0.15, -0.1) is 0 Å². The molecule has 2 atom stereocenters. The molecule has 0 N–H and O–H groups in total. The smallest absolute Gasteiger partial charge is 0.309 e. The molecule has 8 nitrogen and oxygen atoms in total. The Bertz CT molecular complexity index is 1020. The molecule has 0 aliphatic heterocycles. The monoisotopic (exact) mass is 671 g/mol. The van der Waals surface area contributed by atoms with Crippen LogP contribution in [-0.4, -0.2) is 75.5 Å². The maximum atomic E-state index is 12.6. The molecule has 48 heavy (non-hydrogen) atoms. The second-order valence-electron chi connectivity index (χ2n) is 12.8. The van der Waals surface area contributed by atoms with Crippen LogP contribution in [0.25, 0.3) is 0 Å². The average molecular weight is 672 g/mol. The third kappa shape index (κ3) is 29.0. The van der Waals surface area contributed by atoms with Crippen LogP contribution in [-0.2, 0) is 28.6 Å². The van der Waals surface area contributed by atoms with Crippen molar-refractivity contribution in [1.82, 2.24) is 0 Å². The van der Waals surface area contributed by atoms with Crippen LogP contribution in [0.3, 0.4) is 0 Å². The molecular formula is C40H65NO7. The molecule has 2 unspecified atom stereocenters. The Kier molecular flexibility index (Phi) is 29.0. The van der Waals surface area contributed by atoms with Crippen molar-refractivity contribution in [3.63, 3.8) is 0 Å². The van der Waals surface area contributed by atoms with Crippen LogP contribution in [0, 0.1) is 0 Å². The Balaban J connectivity index is 4.54. The highest BCUT2D eigenvalue weighted by molar-refractivity contribution is 5.71. The van der Waals surface area contributed by atoms with Gasteiger partial charge >= 0.3 is 11.9 Å². The van der Waals surface area contributed by atoms with Gasteiger partial charge < -0.3 is 28.6 Å². The predicted molar refractivity (Wildman–Crippen MR) is 194 cm³/mol. The normalized spacial score (nSPS) is 13.9. The van der Waals surface area contributed by atoms with E-state index in [1.54, 1.807) is 27.2 Å². The molecule has 0 heterocycles. The molecule has 0 fully saturated rings. The number of hydrogen-bond donors (Lipinski definition) is 0. The molecule has 0 amide bonds. The number of carboxylic acid groups (broad SMARTS) is 1. The topological polar surface area (TPSA) is 102 Å². The van der Waals surface area contributed by atoms with Crippen LogP contribution < -0.4 is 5.11 Å². The highest BCUT2D eigenvalue weighted by Gasteiger charge is 2.25. The standard InChI is InChI=1S/C40H65NO7/c1-6-8-10-12-14-16-17-18-19-20-21-23-25-27-29-31-39(43)48-36(34-46-33-32-37(40(44)45)41(3,4)5)35-47-38(42)30-28-26-24-22-15-13-11-9-7-2/h8-12,14-17,22,26,28,36-37H,6-7,13,18-21,23-25,27,29-35H2,1-5H3/b10-8+,11-9+,14-12+,17-16+,22-15+,28-26+. The molecule has 0 rings (SSSR count). The van der Waals surface area contributed by atoms with E-state index in [0.29, 0.717) is 0 Å². The first kappa shape index (κ1) is 44.8. The molecule has 0 aromatic rings. The zero-order valence-corrected chi connectivity index (χ0v) is 30.6. The Hall–Kier alpha value is -3.23. The number of carbonyl (C=O) groups excluding carboxylic acids is 3. The number of allylic oxidation sites excluding steroid dienone is 11. The molecule has 0 aliphatic rings. The summed E-state index contributed by atoms with van der Waals surface area (Å²) >= 11 is 0. The van der Waals surface area contributed by atoms with Gasteiger partial charge in [0.2, 0.25) is 0 Å². The summed E-state index contributed by atoms with van der Waals surface area (Å²) < 4.78 is 16.9. The van der Waals surface area contributed by atoms with E-state index in [9.17, 15) is 19.5 Å². The summed E-state index contributed by atoms with van der Waals surface area (Å²) in [7, 11) is 5.35. The zero-order valence-electron chi connectivity index (χ0n) is 30.6. The Morgan fingerprint density at radius 1 is 0.667 bits per heavy atom. The minimum Gasteiger partial charge on any atom is -0.544 e. The molecule has 0 radical (unpaired) electrons. The van der Waals surface area contributed by atoms with Gasteiger partial charge in [-0.1, -0.05) is 119 Å². The van der Waals surface area contributed by atoms with Crippen LogP contribution in [0.15, 0.2) is 72.9 Å². The lowest BCUT2D eigenvalue weighted by atomic mass is 10.1. The Labute approximate surface area is 291 Å². The van der Waals surface area contributed by atoms with Crippen molar-refractivity contribution in [2.75, 3.05) is 41.0 Å². The number of hydrogen-bond acceptors (Lipinski definition) is 7. The molecule has 0 saturated heterocycles. The number of ether oxygens (including phenoxy) is 3. The fourth-order valence-electron chi connectivity index (χ4n) is 4.66. The lowest BCUT2D eigenvalue weighted by Crippen LogP contribution is -2.55. The highest BCUT2D eigenvalue weighted by atomic mass is 16.6. The van der Waals surface area contributed by atoms with Crippen LogP contribution in [0.1, 0.15) is 110 Å². The summed E-state index contributed by atoms with van der Waals surface area (Å²) in [6.45, 7) is 4.25. The SMILES string of the molecule is CC/C=C/C=C/C=C/CCCCCCCCCC(=O)OC(COCCC(C(=O)[O-])[N+](C)(C)C)COC(=O)C/C=C/C/C=C/C/C=C/CC. The number of likely N-dealkylation sites (N-methyl/N-ethyl adjacent to an activating group) is 1. The summed E-state index contributed by atoms with van der Waals surface area (Å²) in [6.07, 6.45) is 36.8. The summed E-state index contributed by atoms with van der Waals surface area (Å²) in [6, 6.07) is -0.740. The average Bonchev–Trinajstić information content (AvgIpc) is 3.03. The number of carboxylic acids is 1. The first-order chi connectivity index (χ1) is 23.1. The summed E-state index contributed by atoms with van der Waals surface area (Å²) in [5.74, 6) is -1.92. The van der Waals surface area contributed by atoms with Crippen molar-refractivity contribution < 1.29 is 38.2 Å². The van der Waals surface area contributed by atoms with Gasteiger partial charge in [0.15, 0.2) is 6.10 Å². The first-order valence-electron chi connectivity index (χ1n) is 18.0. The van der Waals surface area contributed by atoms with Crippen molar-refractivity contribution in [3.05, 3.63) is 72.9 Å². The van der Waals surface area contributed by atoms with Gasteiger partial charge in [0.1, 0.15) is 12.6 Å². The highest BCUT2D eigenvalue weighted by Crippen LogP contribution is 2.12. The van der Waals surface area contributed by atoms with Gasteiger partial charge in [0, 0.05) is 12.8 Å². The number of esters is 2. The predicted octanol–water partition coefficient (Wildman–Crippen LogP) is 7.51. The lowest BCUT2D eigenvalue weighted by molar-refractivity contribution is -0.889. The van der Waals surface area contributed by atoms with Gasteiger partial charge in [-0.05, 0) is 44.9 Å². The van der Waals surface area contributed by atoms with Crippen molar-refractivity contribution >= 4 is 17.9 Å². The van der Waals surface area contributed by atoms with Crippen molar-refractivity contribution in [1.29, 1.82) is 0 Å². The first-order valence-corrected chi connectivity index (χ1v) is 18.0. The number of quaternary nitrogens is 1. The quantitative estimate of drug-likeness (QED) is 0.0256. The van der Waals surface area contributed by atoms with Gasteiger partial charge in [0.05, 0.1) is 46.7 Å². The van der Waals surface area contributed by atoms with Crippen molar-refractivity contribution in [2.24, 2.45) is 0 Å². The fourth-order valence-corrected chi connectivity index (χ4v) is 4.66. The summed E-state index contributed by atoms with van der Waals surface area (Å²) in [5, 5.41) is 11.5. The molecule has 0 aliphatic carbocycles. The number of nitrogens with zero attached hydrogens (tertiary/aromatic N) is 1. The minimum atomic E-state index is -1.14. The molecule has 0 aromatic heterocycles. The number of aliphatic carboxylic acids is 1. The van der Waals surface area contributed by atoms with Gasteiger partial charge in [0.25, 0.3) is 0 Å². The van der Waals surface area contributed by atoms with Crippen molar-refractivity contribution in [2.45, 2.75) is 122 Å². The van der Waals surface area contributed by atoms with E-state index < -0.39 is 24.1 Å². The molecular weight excluding hydrogens is 606 g/mol. The van der Waals surface area contributed by atoms with Crippen LogP contribution in [0.4, 0.5) is 0 Å². The van der Waals surface area contributed by atoms with Gasteiger partial charge in [-0.3, -0.25) is 9.59 Å². The number of rotatable bonds is 30. The van der Waals surface area contributed by atoms with E-state index in [1.807, 2.05) is 12.2 Å². The Morgan fingerprint density at radius 2 is 1.25 bits per heavy atom. The minimum absolute atomic E-state index is 0.00439. The number of unbranched alkanes of at least 4 members (excludes halogenated alkanes) is 7. The van der Waals surface area contributed by atoms with Gasteiger partial charge in [-0.25, -0.2) is 0 Å². The van der Waals surface area contributed by atoms with E-state index in [4.69, 9.17) is 14.2 Å². The molecule has 8 heteroatoms. The second-order valence-corrected chi connectivity index (χ2v) is 12.8. The van der Waals surface area contributed by atoms with E-state index >= 15 is 0 Å². The molecule has 272 valence electrons. The van der Waals surface area contributed by atoms with Crippen molar-refractivity contribution in [3.8, 4) is 0 Å². The molecule has 0 spiro atoms. The van der Waals surface area contributed by atoms with Gasteiger partial charge in [-0.2, -0.15) is 0 Å². The summed E-state index contributed by atoms with van der Waals surface area (Å²) in [4.78, 5) is 36.5. The maximum absolute atomic E-state index is 12.6. The third-order valence-corrected chi connectivity index (χ3v) is 7.43. The van der Waals surface area contributed by atoms with E-state index in [2.05, 4.69) is 68.5 Å². The number of carbonyl (C=O) groups is 3. The third-order valence-electron chi connectivity index (χ3n) is 7.43.